The Balaban J connectivity index is 1.39. The van der Waals surface area contributed by atoms with E-state index in [9.17, 15) is 4.79 Å². The Kier molecular flexibility index (Phi) is 5.66. The van der Waals surface area contributed by atoms with E-state index in [1.807, 2.05) is 45.8 Å². The molecule has 5 rings (SSSR count). The number of benzene rings is 1. The van der Waals surface area contributed by atoms with E-state index >= 15 is 0 Å². The Bertz CT molecular complexity index is 1280. The number of hydrogen-bond donors (Lipinski definition) is 0. The molecule has 0 radical (unpaired) electrons. The molecule has 1 saturated heterocycles. The Labute approximate surface area is 191 Å². The molecule has 32 heavy (non-hydrogen) atoms. The molecule has 4 heterocycles. The van der Waals surface area contributed by atoms with Gasteiger partial charge in [0.05, 0.1) is 5.56 Å². The first-order valence-electron chi connectivity index (χ1n) is 10.9. The average Bonchev–Trinajstić information content (AvgIpc) is 3.26. The molecule has 4 aromatic rings. The Hall–Kier alpha value is -3.19. The second kappa shape index (κ2) is 8.74. The number of carbonyl (C=O) groups is 1. The van der Waals surface area contributed by atoms with Crippen molar-refractivity contribution >= 4 is 23.3 Å². The van der Waals surface area contributed by atoms with E-state index in [1.54, 1.807) is 18.0 Å². The monoisotopic (exact) mass is 443 g/mol. The largest absolute Gasteiger partial charge is 0.338 e. The van der Waals surface area contributed by atoms with Crippen LogP contribution in [-0.2, 0) is 0 Å². The first-order chi connectivity index (χ1) is 15.6. The molecular formula is C25H25N5OS. The topological polar surface area (TPSA) is 63.4 Å². The molecule has 1 aliphatic heterocycles. The second-order valence-corrected chi connectivity index (χ2v) is 9.34. The number of aromatic nitrogens is 4. The van der Waals surface area contributed by atoms with Gasteiger partial charge in [0.2, 0.25) is 0 Å². The highest BCUT2D eigenvalue weighted by molar-refractivity contribution is 7.99. The Morgan fingerprint density at radius 3 is 2.84 bits per heavy atom. The number of aryl methyl sites for hydroxylation is 2. The van der Waals surface area contributed by atoms with Gasteiger partial charge in [0.15, 0.2) is 5.65 Å². The lowest BCUT2D eigenvalue weighted by atomic mass is 9.96. The molecule has 0 spiro atoms. The predicted octanol–water partition coefficient (Wildman–Crippen LogP) is 4.91. The standard InChI is InChI=1S/C25H25N5OS/c1-17-10-11-20(15-18(17)2)32-24-21(8-5-12-26-24)25(31)29-13-6-7-19(16-29)23-28-27-22-9-3-4-14-30(22)23/h3-5,8-12,14-15,19H,6-7,13,16H2,1-2H3. The summed E-state index contributed by atoms with van der Waals surface area (Å²) in [5, 5.41) is 9.47. The van der Waals surface area contributed by atoms with Crippen LogP contribution in [0.15, 0.2) is 70.8 Å². The van der Waals surface area contributed by atoms with Gasteiger partial charge in [0, 0.05) is 36.3 Å². The van der Waals surface area contributed by atoms with Gasteiger partial charge < -0.3 is 4.90 Å². The fourth-order valence-electron chi connectivity index (χ4n) is 4.20. The van der Waals surface area contributed by atoms with Gasteiger partial charge in [-0.05, 0) is 74.2 Å². The van der Waals surface area contributed by atoms with Crippen molar-refractivity contribution in [2.75, 3.05) is 13.1 Å². The van der Waals surface area contributed by atoms with E-state index in [1.165, 1.54) is 11.1 Å². The van der Waals surface area contributed by atoms with Gasteiger partial charge in [-0.25, -0.2) is 4.98 Å². The number of carbonyl (C=O) groups excluding carboxylic acids is 1. The smallest absolute Gasteiger partial charge is 0.256 e. The molecule has 0 N–H and O–H groups in total. The van der Waals surface area contributed by atoms with Gasteiger partial charge in [-0.1, -0.05) is 23.9 Å². The first-order valence-corrected chi connectivity index (χ1v) is 11.7. The summed E-state index contributed by atoms with van der Waals surface area (Å²) in [6, 6.07) is 16.0. The van der Waals surface area contributed by atoms with Gasteiger partial charge in [-0.15, -0.1) is 10.2 Å². The molecule has 1 atom stereocenters. The van der Waals surface area contributed by atoms with Gasteiger partial charge in [-0.2, -0.15) is 0 Å². The van der Waals surface area contributed by atoms with Crippen molar-refractivity contribution < 1.29 is 4.79 Å². The van der Waals surface area contributed by atoms with Crippen LogP contribution in [0, 0.1) is 13.8 Å². The van der Waals surface area contributed by atoms with Crippen molar-refractivity contribution in [2.24, 2.45) is 0 Å². The minimum absolute atomic E-state index is 0.0305. The lowest BCUT2D eigenvalue weighted by molar-refractivity contribution is 0.0700. The summed E-state index contributed by atoms with van der Waals surface area (Å²) in [7, 11) is 0. The fourth-order valence-corrected chi connectivity index (χ4v) is 5.18. The number of piperidine rings is 1. The lowest BCUT2D eigenvalue weighted by Gasteiger charge is -2.32. The molecule has 1 aliphatic rings. The van der Waals surface area contributed by atoms with Crippen LogP contribution in [0.1, 0.15) is 46.1 Å². The van der Waals surface area contributed by atoms with Crippen molar-refractivity contribution in [2.45, 2.75) is 42.5 Å². The average molecular weight is 444 g/mol. The third-order valence-corrected chi connectivity index (χ3v) is 7.12. The van der Waals surface area contributed by atoms with Gasteiger partial charge in [0.25, 0.3) is 5.91 Å². The highest BCUT2D eigenvalue weighted by Crippen LogP contribution is 2.32. The van der Waals surface area contributed by atoms with Crippen molar-refractivity contribution in [3.63, 3.8) is 0 Å². The molecule has 1 amide bonds. The Morgan fingerprint density at radius 1 is 1.06 bits per heavy atom. The maximum atomic E-state index is 13.5. The maximum absolute atomic E-state index is 13.5. The number of rotatable bonds is 4. The van der Waals surface area contributed by atoms with E-state index < -0.39 is 0 Å². The first kappa shape index (κ1) is 20.7. The molecule has 0 saturated carbocycles. The number of pyridine rings is 2. The summed E-state index contributed by atoms with van der Waals surface area (Å²) in [6.07, 6.45) is 5.68. The maximum Gasteiger partial charge on any atom is 0.256 e. The molecule has 7 heteroatoms. The van der Waals surface area contributed by atoms with Crippen molar-refractivity contribution in [1.82, 2.24) is 24.5 Å². The Morgan fingerprint density at radius 2 is 1.97 bits per heavy atom. The van der Waals surface area contributed by atoms with Crippen LogP contribution >= 0.6 is 11.8 Å². The lowest BCUT2D eigenvalue weighted by Crippen LogP contribution is -2.39. The second-order valence-electron chi connectivity index (χ2n) is 8.28. The van der Waals surface area contributed by atoms with E-state index in [2.05, 4.69) is 47.2 Å². The van der Waals surface area contributed by atoms with Gasteiger partial charge in [0.1, 0.15) is 10.9 Å². The van der Waals surface area contributed by atoms with Crippen molar-refractivity contribution in [3.8, 4) is 0 Å². The SMILES string of the molecule is Cc1ccc(Sc2ncccc2C(=O)N2CCCC(c3nnc4ccccn34)C2)cc1C. The molecule has 3 aromatic heterocycles. The highest BCUT2D eigenvalue weighted by atomic mass is 32.2. The van der Waals surface area contributed by atoms with Crippen LogP contribution in [0.2, 0.25) is 0 Å². The summed E-state index contributed by atoms with van der Waals surface area (Å²) in [4.78, 5) is 21.1. The number of amides is 1. The van der Waals surface area contributed by atoms with Gasteiger partial charge >= 0.3 is 0 Å². The highest BCUT2D eigenvalue weighted by Gasteiger charge is 2.29. The summed E-state index contributed by atoms with van der Waals surface area (Å²) in [6.45, 7) is 5.59. The molecule has 1 aromatic carbocycles. The molecular weight excluding hydrogens is 418 g/mol. The van der Waals surface area contributed by atoms with Crippen LogP contribution in [0.4, 0.5) is 0 Å². The minimum Gasteiger partial charge on any atom is -0.338 e. The fraction of sp³-hybridized carbons (Fsp3) is 0.280. The van der Waals surface area contributed by atoms with Crippen molar-refractivity contribution in [3.05, 3.63) is 83.4 Å². The predicted molar refractivity (Wildman–Crippen MR) is 125 cm³/mol. The van der Waals surface area contributed by atoms with Crippen LogP contribution < -0.4 is 0 Å². The van der Waals surface area contributed by atoms with E-state index in [0.29, 0.717) is 12.1 Å². The number of nitrogens with zero attached hydrogens (tertiary/aromatic N) is 5. The summed E-state index contributed by atoms with van der Waals surface area (Å²) < 4.78 is 2.03. The quantitative estimate of drug-likeness (QED) is 0.448. The molecule has 0 bridgehead atoms. The number of fused-ring (bicyclic) bond motifs is 1. The molecule has 6 nitrogen and oxygen atoms in total. The summed E-state index contributed by atoms with van der Waals surface area (Å²) in [5.74, 6) is 1.12. The summed E-state index contributed by atoms with van der Waals surface area (Å²) in [5.41, 5.74) is 3.98. The molecule has 162 valence electrons. The zero-order valence-corrected chi connectivity index (χ0v) is 19.0. The zero-order chi connectivity index (χ0) is 22.1. The van der Waals surface area contributed by atoms with Crippen molar-refractivity contribution in [1.29, 1.82) is 0 Å². The van der Waals surface area contributed by atoms with E-state index in [4.69, 9.17) is 0 Å². The van der Waals surface area contributed by atoms with Crippen LogP contribution in [0.3, 0.4) is 0 Å². The van der Waals surface area contributed by atoms with Gasteiger partial charge in [-0.3, -0.25) is 9.20 Å². The molecule has 0 aliphatic carbocycles. The van der Waals surface area contributed by atoms with Crippen LogP contribution in [-0.4, -0.2) is 43.5 Å². The van der Waals surface area contributed by atoms with E-state index in [-0.39, 0.29) is 11.8 Å². The number of likely N-dealkylation sites (tertiary alicyclic amines) is 1. The van der Waals surface area contributed by atoms with E-state index in [0.717, 1.165) is 40.8 Å². The minimum atomic E-state index is 0.0305. The summed E-state index contributed by atoms with van der Waals surface area (Å²) >= 11 is 1.54. The molecule has 1 fully saturated rings. The van der Waals surface area contributed by atoms with Crippen LogP contribution in [0.5, 0.6) is 0 Å². The number of hydrogen-bond acceptors (Lipinski definition) is 5. The molecule has 1 unspecified atom stereocenters. The van der Waals surface area contributed by atoms with Crippen LogP contribution in [0.25, 0.3) is 5.65 Å². The third kappa shape index (κ3) is 4.00. The third-order valence-electron chi connectivity index (χ3n) is 6.11. The normalized spacial score (nSPS) is 16.4. The zero-order valence-electron chi connectivity index (χ0n) is 18.2.